The molecule has 2 aromatic heterocycles. The van der Waals surface area contributed by atoms with E-state index in [1.807, 2.05) is 40.0 Å². The van der Waals surface area contributed by atoms with Gasteiger partial charge in [0.15, 0.2) is 0 Å². The Morgan fingerprint density at radius 2 is 0.650 bits per heavy atom. The van der Waals surface area contributed by atoms with Crippen molar-refractivity contribution >= 4 is 10.8 Å². The van der Waals surface area contributed by atoms with Gasteiger partial charge in [0.2, 0.25) is 0 Å². The fourth-order valence-electron chi connectivity index (χ4n) is 3.12. The maximum Gasteiger partial charge on any atom is 0.0555 e. The van der Waals surface area contributed by atoms with Gasteiger partial charge in [-0.05, 0) is 77.8 Å². The van der Waals surface area contributed by atoms with E-state index in [9.17, 15) is 0 Å². The first kappa shape index (κ1) is 40.6. The van der Waals surface area contributed by atoms with Crippen molar-refractivity contribution in [2.45, 2.75) is 85.1 Å². The Morgan fingerprint density at radius 3 is 0.950 bits per heavy atom. The van der Waals surface area contributed by atoms with Crippen LogP contribution in [0.1, 0.15) is 74.6 Å². The molecule has 2 heterocycles. The summed E-state index contributed by atoms with van der Waals surface area (Å²) in [4.78, 5) is 12.1. The predicted molar refractivity (Wildman–Crippen MR) is 181 cm³/mol. The van der Waals surface area contributed by atoms with Crippen LogP contribution in [-0.4, -0.2) is 15.0 Å². The number of fused-ring (bicyclic) bond motifs is 1. The second kappa shape index (κ2) is 21.0. The van der Waals surface area contributed by atoms with Crippen molar-refractivity contribution in [3.05, 3.63) is 136 Å². The van der Waals surface area contributed by atoms with Crippen molar-refractivity contribution in [3.8, 4) is 0 Å². The van der Waals surface area contributed by atoms with Gasteiger partial charge in [-0.1, -0.05) is 119 Å². The first-order valence-electron chi connectivity index (χ1n) is 12.3. The van der Waals surface area contributed by atoms with Crippen LogP contribution >= 0.6 is 0 Å². The van der Waals surface area contributed by atoms with Crippen molar-refractivity contribution in [1.82, 2.24) is 15.0 Å². The third kappa shape index (κ3) is 16.2. The van der Waals surface area contributed by atoms with Crippen LogP contribution in [0.15, 0.2) is 91.4 Å². The minimum absolute atomic E-state index is 0. The molecule has 218 valence electrons. The Kier molecular flexibility index (Phi) is 21.4. The zero-order chi connectivity index (χ0) is 26.5. The summed E-state index contributed by atoms with van der Waals surface area (Å²) in [6, 6.07) is 25.6. The second-order valence-electron chi connectivity index (χ2n) is 9.28. The number of nitrogens with zero attached hydrogens (tertiary/aromatic N) is 3. The van der Waals surface area contributed by atoms with Crippen LogP contribution in [-0.2, 0) is 0 Å². The summed E-state index contributed by atoms with van der Waals surface area (Å²) >= 11 is 0. The summed E-state index contributed by atoms with van der Waals surface area (Å²) in [5.74, 6) is 0. The van der Waals surface area contributed by atoms with E-state index in [4.69, 9.17) is 0 Å². The lowest BCUT2D eigenvalue weighted by atomic mass is 10.1. The molecule has 3 aromatic carbocycles. The van der Waals surface area contributed by atoms with Crippen LogP contribution in [0.4, 0.5) is 0 Å². The Morgan fingerprint density at radius 1 is 0.325 bits per heavy atom. The largest absolute Gasteiger partial charge is 0.261 e. The van der Waals surface area contributed by atoms with Gasteiger partial charge in [-0.25, -0.2) is 0 Å². The lowest BCUT2D eigenvalue weighted by Crippen LogP contribution is -1.84. The fraction of sp³-hybridized carbons (Fsp3) is 0.324. The molecule has 0 aliphatic rings. The first-order valence-corrected chi connectivity index (χ1v) is 12.3. The lowest BCUT2D eigenvalue weighted by Gasteiger charge is -1.99. The zero-order valence-electron chi connectivity index (χ0n) is 23.0. The number of rotatable bonds is 0. The second-order valence-corrected chi connectivity index (χ2v) is 9.28. The molecule has 0 spiro atoms. The van der Waals surface area contributed by atoms with E-state index < -0.39 is 0 Å². The highest BCUT2D eigenvalue weighted by Gasteiger charge is 1.92. The zero-order valence-corrected chi connectivity index (χ0v) is 23.0. The Hall–Kier alpha value is -3.85. The van der Waals surface area contributed by atoms with Crippen LogP contribution < -0.4 is 0 Å². The summed E-state index contributed by atoms with van der Waals surface area (Å²) in [5.41, 5.74) is 9.54. The number of hydrogen-bond acceptors (Lipinski definition) is 3. The van der Waals surface area contributed by atoms with Gasteiger partial charge in [-0.3, -0.25) is 15.0 Å². The molecule has 0 bridgehead atoms. The van der Waals surface area contributed by atoms with Gasteiger partial charge in [0.25, 0.3) is 0 Å². The highest BCUT2D eigenvalue weighted by Crippen LogP contribution is 2.16. The van der Waals surface area contributed by atoms with Crippen LogP contribution in [0, 0.1) is 55.4 Å². The van der Waals surface area contributed by atoms with E-state index in [0.717, 1.165) is 17.1 Å². The number of aromatic nitrogens is 3. The van der Waals surface area contributed by atoms with E-state index in [1.165, 1.54) is 38.6 Å². The number of aryl methyl sites for hydroxylation is 8. The molecule has 0 fully saturated rings. The molecule has 0 saturated carbocycles. The standard InChI is InChI=1S/C12H12.C8H10.C7H9N.C6H8N2.4CH4/c1-9-3-5-12-8-10(2)4-6-11(12)7-9;1-7-3-5-8(2)6-4-7;1-6-3-4-7(2)8-5-6;1-5-3-8-6(2)4-7-5;;;;/h3-8H,1-2H3;3-6H,1-2H3;3-5H,1-2H3;3-4H,1-2H3;4*1H4. The molecular formula is C37H55N3. The van der Waals surface area contributed by atoms with Gasteiger partial charge in [-0.2, -0.15) is 0 Å². The molecule has 3 nitrogen and oxygen atoms in total. The molecule has 0 aliphatic heterocycles. The van der Waals surface area contributed by atoms with E-state index in [1.54, 1.807) is 12.4 Å². The van der Waals surface area contributed by atoms with Crippen LogP contribution in [0.2, 0.25) is 0 Å². The topological polar surface area (TPSA) is 38.7 Å². The Bertz CT molecular complexity index is 1110. The van der Waals surface area contributed by atoms with Crippen LogP contribution in [0.25, 0.3) is 10.8 Å². The van der Waals surface area contributed by atoms with Crippen molar-refractivity contribution in [2.24, 2.45) is 0 Å². The van der Waals surface area contributed by atoms with E-state index in [2.05, 4.69) is 109 Å². The molecular weight excluding hydrogens is 486 g/mol. The molecule has 0 saturated heterocycles. The maximum absolute atomic E-state index is 4.08. The maximum atomic E-state index is 4.08. The highest BCUT2D eigenvalue weighted by atomic mass is 14.8. The fourth-order valence-corrected chi connectivity index (χ4v) is 3.12. The smallest absolute Gasteiger partial charge is 0.0555 e. The minimum atomic E-state index is 0. The van der Waals surface area contributed by atoms with E-state index in [0.29, 0.717) is 0 Å². The average molecular weight is 542 g/mol. The number of benzene rings is 3. The van der Waals surface area contributed by atoms with Crippen molar-refractivity contribution in [2.75, 3.05) is 0 Å². The minimum Gasteiger partial charge on any atom is -0.261 e. The normalized spacial score (nSPS) is 8.70. The Labute approximate surface area is 246 Å². The van der Waals surface area contributed by atoms with Gasteiger partial charge in [-0.15, -0.1) is 0 Å². The molecule has 0 aliphatic carbocycles. The van der Waals surface area contributed by atoms with Gasteiger partial charge in [0.1, 0.15) is 0 Å². The van der Waals surface area contributed by atoms with Gasteiger partial charge in [0, 0.05) is 24.3 Å². The van der Waals surface area contributed by atoms with Crippen molar-refractivity contribution < 1.29 is 0 Å². The molecule has 0 unspecified atom stereocenters. The van der Waals surface area contributed by atoms with Gasteiger partial charge < -0.3 is 0 Å². The van der Waals surface area contributed by atoms with Crippen LogP contribution in [0.3, 0.4) is 0 Å². The summed E-state index contributed by atoms with van der Waals surface area (Å²) in [7, 11) is 0. The summed E-state index contributed by atoms with van der Waals surface area (Å²) in [6.45, 7) is 16.3. The van der Waals surface area contributed by atoms with Crippen LogP contribution in [0.5, 0.6) is 0 Å². The summed E-state index contributed by atoms with van der Waals surface area (Å²) in [6.07, 6.45) is 5.39. The summed E-state index contributed by atoms with van der Waals surface area (Å²) in [5, 5.41) is 2.67. The monoisotopic (exact) mass is 541 g/mol. The van der Waals surface area contributed by atoms with Gasteiger partial charge >= 0.3 is 0 Å². The SMILES string of the molecule is C.C.C.C.Cc1ccc(C)cc1.Cc1ccc(C)nc1.Cc1ccc2cc(C)ccc2c1.Cc1cnc(C)cn1. The quantitative estimate of drug-likeness (QED) is 0.196. The molecule has 0 N–H and O–H groups in total. The molecule has 5 rings (SSSR count). The van der Waals surface area contributed by atoms with E-state index >= 15 is 0 Å². The predicted octanol–water partition coefficient (Wildman–Crippen LogP) is 11.1. The molecule has 5 aromatic rings. The molecule has 40 heavy (non-hydrogen) atoms. The molecule has 0 amide bonds. The molecule has 3 heteroatoms. The van der Waals surface area contributed by atoms with E-state index in [-0.39, 0.29) is 29.7 Å². The molecule has 0 radical (unpaired) electrons. The summed E-state index contributed by atoms with van der Waals surface area (Å²) < 4.78 is 0. The van der Waals surface area contributed by atoms with Crippen molar-refractivity contribution in [3.63, 3.8) is 0 Å². The Balaban J connectivity index is -0.000000449. The third-order valence-electron chi connectivity index (χ3n) is 5.34. The lowest BCUT2D eigenvalue weighted by molar-refractivity contribution is 1.06. The van der Waals surface area contributed by atoms with Gasteiger partial charge in [0.05, 0.1) is 11.4 Å². The number of hydrogen-bond donors (Lipinski definition) is 0. The number of pyridine rings is 1. The van der Waals surface area contributed by atoms with Crippen molar-refractivity contribution in [1.29, 1.82) is 0 Å². The average Bonchev–Trinajstić information content (AvgIpc) is 2.86. The third-order valence-corrected chi connectivity index (χ3v) is 5.34. The first-order chi connectivity index (χ1) is 17.1. The highest BCUT2D eigenvalue weighted by molar-refractivity contribution is 5.83. The molecule has 0 atom stereocenters.